The summed E-state index contributed by atoms with van der Waals surface area (Å²) in [5, 5.41) is 16.4. The Morgan fingerprint density at radius 1 is 0.791 bits per heavy atom. The van der Waals surface area contributed by atoms with Crippen LogP contribution in [0.15, 0.2) is 125 Å². The molecular formula is C48H45Cl4N6O7S2+. The number of aliphatic hydroxyl groups excluding tert-OH is 1. The maximum absolute atomic E-state index is 14.9. The molecule has 19 heteroatoms. The number of amides is 2. The average Bonchev–Trinajstić information content (AvgIpc) is 3.30. The zero-order valence-electron chi connectivity index (χ0n) is 36.2. The normalized spacial score (nSPS) is 15.8. The molecule has 0 unspecified atom stereocenters. The van der Waals surface area contributed by atoms with Crippen LogP contribution in [0.25, 0.3) is 5.69 Å². The number of anilines is 4. The third-order valence-corrected chi connectivity index (χ3v) is 16.6. The molecule has 0 spiro atoms. The van der Waals surface area contributed by atoms with Crippen LogP contribution in [-0.2, 0) is 37.7 Å². The van der Waals surface area contributed by atoms with E-state index in [2.05, 4.69) is 15.6 Å². The number of fused-ring (bicyclic) bond motifs is 2. The van der Waals surface area contributed by atoms with Crippen molar-refractivity contribution in [1.29, 1.82) is 0 Å². The van der Waals surface area contributed by atoms with Crippen LogP contribution in [0.5, 0.6) is 0 Å². The predicted octanol–water partition coefficient (Wildman–Crippen LogP) is 9.64. The number of carbonyl (C=O) groups excluding carboxylic acids is 2. The third-order valence-electron chi connectivity index (χ3n) is 11.9. The molecule has 2 amide bonds. The number of rotatable bonds is 13. The second-order valence-corrected chi connectivity index (χ2v) is 22.0. The number of halogens is 4. The van der Waals surface area contributed by atoms with E-state index in [9.17, 15) is 31.5 Å². The van der Waals surface area contributed by atoms with Crippen molar-refractivity contribution in [1.82, 2.24) is 4.98 Å². The van der Waals surface area contributed by atoms with E-state index in [0.29, 0.717) is 54.9 Å². The Balaban J connectivity index is 1.19. The van der Waals surface area contributed by atoms with Gasteiger partial charge in [0.05, 0.1) is 60.7 Å². The fraction of sp³-hybridized carbons (Fsp3) is 0.250. The first-order valence-corrected chi connectivity index (χ1v) is 25.8. The summed E-state index contributed by atoms with van der Waals surface area (Å²) >= 11 is 26.0. The van der Waals surface area contributed by atoms with Gasteiger partial charge in [0.15, 0.2) is 6.20 Å². The zero-order chi connectivity index (χ0) is 47.8. The Labute approximate surface area is 409 Å². The van der Waals surface area contributed by atoms with Crippen LogP contribution in [0, 0.1) is 5.92 Å². The highest BCUT2D eigenvalue weighted by molar-refractivity contribution is 7.93. The van der Waals surface area contributed by atoms with Gasteiger partial charge in [-0.3, -0.25) is 23.2 Å². The number of carbonyl (C=O) groups is 2. The Morgan fingerprint density at radius 2 is 1.48 bits per heavy atom. The lowest BCUT2D eigenvalue weighted by atomic mass is 9.92. The van der Waals surface area contributed by atoms with Crippen LogP contribution in [0.3, 0.4) is 0 Å². The molecule has 13 nitrogen and oxygen atoms in total. The molecule has 8 rings (SSSR count). The highest BCUT2D eigenvalue weighted by Crippen LogP contribution is 2.39. The van der Waals surface area contributed by atoms with Crippen molar-refractivity contribution in [3.8, 4) is 5.69 Å². The number of hydrogen-bond acceptors (Lipinski definition) is 8. The molecule has 4 aromatic carbocycles. The predicted molar refractivity (Wildman–Crippen MR) is 262 cm³/mol. The number of aromatic nitrogens is 2. The van der Waals surface area contributed by atoms with Crippen LogP contribution in [0.4, 0.5) is 22.7 Å². The van der Waals surface area contributed by atoms with E-state index in [1.54, 1.807) is 48.9 Å². The quantitative estimate of drug-likeness (QED) is 0.0961. The number of hydrogen-bond donors (Lipinski definition) is 3. The maximum Gasteiger partial charge on any atom is 0.264 e. The third kappa shape index (κ3) is 10.1. The lowest BCUT2D eigenvalue weighted by molar-refractivity contribution is -0.603. The fourth-order valence-electron chi connectivity index (χ4n) is 8.39. The van der Waals surface area contributed by atoms with E-state index in [-0.39, 0.29) is 77.4 Å². The standard InChI is InChI=1S/C48H44Cl4N6O7S2/c1-29(59)16-17-31-21-41-44(23-34(26-53-41)54-48(61)46-38(50)13-7-14-39(46)51)58(27-31)67(64,65)37-18-19-42(40(52)25-37)56-28-35(55-47(60)30(2)32-9-4-3-5-10-32)24-45-43(56)15-8-20-57(45)66(62,63)36-12-6-11-33(49)22-36/h3-7,9-14,18-19,22-26,28-31,59H,8,15-17,20-21,27H2,1-2H3,(H-,54,55,60,61)/p+1/t29-,30+,31-/m1/s1. The summed E-state index contributed by atoms with van der Waals surface area (Å²) in [7, 11) is -8.56. The van der Waals surface area contributed by atoms with E-state index in [4.69, 9.17) is 46.4 Å². The molecule has 67 heavy (non-hydrogen) atoms. The van der Waals surface area contributed by atoms with Gasteiger partial charge in [0.1, 0.15) is 16.4 Å². The average molecular weight is 1020 g/mol. The number of sulfonamides is 2. The molecule has 0 radical (unpaired) electrons. The Morgan fingerprint density at radius 3 is 2.18 bits per heavy atom. The van der Waals surface area contributed by atoms with Gasteiger partial charge in [0, 0.05) is 30.6 Å². The van der Waals surface area contributed by atoms with Crippen LogP contribution in [-0.4, -0.2) is 57.9 Å². The maximum atomic E-state index is 14.9. The molecule has 6 aromatic rings. The van der Waals surface area contributed by atoms with Crippen LogP contribution < -0.4 is 23.8 Å². The highest BCUT2D eigenvalue weighted by Gasteiger charge is 2.38. The largest absolute Gasteiger partial charge is 0.393 e. The molecule has 2 aromatic heterocycles. The van der Waals surface area contributed by atoms with Gasteiger partial charge in [-0.25, -0.2) is 16.8 Å². The summed E-state index contributed by atoms with van der Waals surface area (Å²) in [6, 6.07) is 27.3. The Bertz CT molecular complexity index is 3110. The van der Waals surface area contributed by atoms with Gasteiger partial charge in [-0.15, -0.1) is 0 Å². The van der Waals surface area contributed by atoms with E-state index in [0.717, 1.165) is 5.56 Å². The molecule has 348 valence electrons. The molecule has 3 N–H and O–H groups in total. The van der Waals surface area contributed by atoms with Crippen molar-refractivity contribution in [2.75, 3.05) is 32.3 Å². The first-order valence-electron chi connectivity index (χ1n) is 21.4. The molecule has 0 aliphatic carbocycles. The second-order valence-electron chi connectivity index (χ2n) is 16.6. The molecule has 0 fully saturated rings. The minimum Gasteiger partial charge on any atom is -0.393 e. The molecule has 3 atom stereocenters. The van der Waals surface area contributed by atoms with Crippen molar-refractivity contribution in [3.05, 3.63) is 158 Å². The number of benzene rings is 4. The Kier molecular flexibility index (Phi) is 14.2. The highest BCUT2D eigenvalue weighted by atomic mass is 35.5. The van der Waals surface area contributed by atoms with E-state index < -0.39 is 38.0 Å². The number of pyridine rings is 2. The monoisotopic (exact) mass is 1020 g/mol. The SMILES string of the molecule is C[C@H](C(=O)Nc1cc2c([n+](-c3ccc(S(=O)(=O)N4C[C@H](CC[C@@H](C)O)Cc5ncc(NC(=O)c6c(Cl)cccc6Cl)cc54)cc3Cl)c1)CCCN2S(=O)(=O)c1cccc(Cl)c1)c1ccccc1. The lowest BCUT2D eigenvalue weighted by Gasteiger charge is -2.35. The second kappa shape index (κ2) is 19.8. The van der Waals surface area contributed by atoms with Gasteiger partial charge in [-0.05, 0) is 106 Å². The van der Waals surface area contributed by atoms with Crippen LogP contribution in [0.1, 0.15) is 66.3 Å². The fourth-order valence-corrected chi connectivity index (χ4v) is 12.7. The zero-order valence-corrected chi connectivity index (χ0v) is 40.8. The molecule has 0 bridgehead atoms. The molecular weight excluding hydrogens is 979 g/mol. The van der Waals surface area contributed by atoms with Crippen molar-refractivity contribution in [3.63, 3.8) is 0 Å². The van der Waals surface area contributed by atoms with Crippen LogP contribution >= 0.6 is 46.4 Å². The molecule has 2 aliphatic heterocycles. The van der Waals surface area contributed by atoms with Crippen LogP contribution in [0.2, 0.25) is 20.1 Å². The number of nitrogens with one attached hydrogen (secondary N) is 2. The summed E-state index contributed by atoms with van der Waals surface area (Å²) in [4.78, 5) is 31.6. The lowest BCUT2D eigenvalue weighted by Crippen LogP contribution is -2.44. The Hall–Kier alpha value is -5.26. The first-order chi connectivity index (χ1) is 31.9. The van der Waals surface area contributed by atoms with Crippen molar-refractivity contribution >= 4 is 101 Å². The minimum absolute atomic E-state index is 0.0128. The van der Waals surface area contributed by atoms with Crippen molar-refractivity contribution < 1.29 is 36.1 Å². The van der Waals surface area contributed by atoms with Gasteiger partial charge in [-0.1, -0.05) is 88.9 Å². The molecule has 0 saturated heterocycles. The van der Waals surface area contributed by atoms with Gasteiger partial charge >= 0.3 is 0 Å². The van der Waals surface area contributed by atoms with Crippen molar-refractivity contribution in [2.45, 2.75) is 67.8 Å². The first kappa shape index (κ1) is 48.2. The molecule has 0 saturated carbocycles. The van der Waals surface area contributed by atoms with E-state index in [1.165, 1.54) is 63.3 Å². The summed E-state index contributed by atoms with van der Waals surface area (Å²) in [5.74, 6) is -1.74. The summed E-state index contributed by atoms with van der Waals surface area (Å²) in [6.45, 7) is 3.61. The molecule has 4 heterocycles. The van der Waals surface area contributed by atoms with Gasteiger partial charge < -0.3 is 15.7 Å². The number of nitrogens with zero attached hydrogens (tertiary/aromatic N) is 4. The minimum atomic E-state index is -4.39. The van der Waals surface area contributed by atoms with E-state index in [1.807, 2.05) is 30.3 Å². The van der Waals surface area contributed by atoms with Crippen molar-refractivity contribution in [2.24, 2.45) is 5.92 Å². The number of aliphatic hydroxyl groups is 1. The smallest absolute Gasteiger partial charge is 0.264 e. The van der Waals surface area contributed by atoms with Gasteiger partial charge in [-0.2, -0.15) is 4.57 Å². The van der Waals surface area contributed by atoms with Gasteiger partial charge in [0.25, 0.3) is 26.0 Å². The summed E-state index contributed by atoms with van der Waals surface area (Å²) in [5.41, 5.74) is 3.19. The molecule has 2 aliphatic rings. The van der Waals surface area contributed by atoms with Gasteiger partial charge in [0.2, 0.25) is 17.3 Å². The summed E-state index contributed by atoms with van der Waals surface area (Å²) in [6.07, 6.45) is 4.68. The summed E-state index contributed by atoms with van der Waals surface area (Å²) < 4.78 is 62.7. The topological polar surface area (TPSA) is 170 Å². The van der Waals surface area contributed by atoms with E-state index >= 15 is 0 Å².